The molecule has 0 aliphatic heterocycles. The Hall–Kier alpha value is -3.00. The van der Waals surface area contributed by atoms with E-state index in [0.717, 1.165) is 0 Å². The molecular formula is C14H10N2O3. The number of hydrogen-bond donors (Lipinski definition) is 3. The van der Waals surface area contributed by atoms with Gasteiger partial charge >= 0.3 is 0 Å². The lowest BCUT2D eigenvalue weighted by Crippen LogP contribution is -2.11. The molecule has 0 radical (unpaired) electrons. The molecule has 3 N–H and O–H groups in total. The minimum Gasteiger partial charge on any atom is -0.504 e. The number of hydrogen-bond acceptors (Lipinski definition) is 4. The van der Waals surface area contributed by atoms with Crippen LogP contribution in [0, 0.1) is 11.3 Å². The molecular weight excluding hydrogens is 244 g/mol. The van der Waals surface area contributed by atoms with Gasteiger partial charge in [0.25, 0.3) is 5.91 Å². The molecule has 0 fully saturated rings. The molecule has 2 aromatic carbocycles. The molecule has 5 nitrogen and oxygen atoms in total. The third kappa shape index (κ3) is 2.64. The predicted octanol–water partition coefficient (Wildman–Crippen LogP) is 2.22. The number of carbonyl (C=O) groups excluding carboxylic acids is 1. The zero-order valence-corrected chi connectivity index (χ0v) is 9.79. The highest BCUT2D eigenvalue weighted by molar-refractivity contribution is 6.06. The lowest BCUT2D eigenvalue weighted by atomic mass is 10.1. The SMILES string of the molecule is N#Cc1ccc(NC(=O)c2cccc(O)c2O)cc1. The van der Waals surface area contributed by atoms with Crippen LogP contribution in [0.25, 0.3) is 0 Å². The van der Waals surface area contributed by atoms with Crippen LogP contribution in [0.5, 0.6) is 11.5 Å². The van der Waals surface area contributed by atoms with Gasteiger partial charge < -0.3 is 15.5 Å². The summed E-state index contributed by atoms with van der Waals surface area (Å²) >= 11 is 0. The topological polar surface area (TPSA) is 93.4 Å². The predicted molar refractivity (Wildman–Crippen MR) is 68.9 cm³/mol. The first-order valence-electron chi connectivity index (χ1n) is 5.44. The van der Waals surface area contributed by atoms with Crippen molar-refractivity contribution in [3.8, 4) is 17.6 Å². The van der Waals surface area contributed by atoms with Crippen LogP contribution < -0.4 is 5.32 Å². The minimum absolute atomic E-state index is 0.0237. The Bertz CT molecular complexity index is 657. The number of benzene rings is 2. The molecule has 0 atom stereocenters. The van der Waals surface area contributed by atoms with Crippen LogP contribution in [-0.2, 0) is 0 Å². The van der Waals surface area contributed by atoms with E-state index < -0.39 is 11.7 Å². The van der Waals surface area contributed by atoms with Gasteiger partial charge in [0.05, 0.1) is 17.2 Å². The number of nitrogens with one attached hydrogen (secondary N) is 1. The third-order valence-electron chi connectivity index (χ3n) is 2.53. The zero-order valence-electron chi connectivity index (χ0n) is 9.79. The molecule has 2 aromatic rings. The van der Waals surface area contributed by atoms with Gasteiger partial charge in [-0.25, -0.2) is 0 Å². The number of amides is 1. The molecule has 0 unspecified atom stereocenters. The third-order valence-corrected chi connectivity index (χ3v) is 2.53. The summed E-state index contributed by atoms with van der Waals surface area (Å²) in [5.41, 5.74) is 0.953. The van der Waals surface area contributed by atoms with Gasteiger partial charge in [0.15, 0.2) is 11.5 Å². The highest BCUT2D eigenvalue weighted by atomic mass is 16.3. The van der Waals surface area contributed by atoms with Crippen LogP contribution >= 0.6 is 0 Å². The summed E-state index contributed by atoms with van der Waals surface area (Å²) in [6.07, 6.45) is 0. The lowest BCUT2D eigenvalue weighted by molar-refractivity contribution is 0.102. The maximum Gasteiger partial charge on any atom is 0.259 e. The van der Waals surface area contributed by atoms with E-state index in [9.17, 15) is 15.0 Å². The number of rotatable bonds is 2. The normalized spacial score (nSPS) is 9.63. The first kappa shape index (κ1) is 12.5. The second kappa shape index (κ2) is 5.10. The number of nitriles is 1. The van der Waals surface area contributed by atoms with Crippen LogP contribution in [0.1, 0.15) is 15.9 Å². The van der Waals surface area contributed by atoms with Gasteiger partial charge in [-0.05, 0) is 36.4 Å². The number of nitrogens with zero attached hydrogens (tertiary/aromatic N) is 1. The van der Waals surface area contributed by atoms with Crippen LogP contribution in [-0.4, -0.2) is 16.1 Å². The molecule has 0 bridgehead atoms. The van der Waals surface area contributed by atoms with Crippen LogP contribution in [0.15, 0.2) is 42.5 Å². The molecule has 5 heteroatoms. The van der Waals surface area contributed by atoms with Gasteiger partial charge in [-0.3, -0.25) is 4.79 Å². The van der Waals surface area contributed by atoms with E-state index >= 15 is 0 Å². The molecule has 0 heterocycles. The Morgan fingerprint density at radius 2 is 1.79 bits per heavy atom. The summed E-state index contributed by atoms with van der Waals surface area (Å²) in [4.78, 5) is 11.9. The maximum absolute atomic E-state index is 11.9. The molecule has 0 aromatic heterocycles. The smallest absolute Gasteiger partial charge is 0.259 e. The number of anilines is 1. The van der Waals surface area contributed by atoms with E-state index in [1.54, 1.807) is 24.3 Å². The fourth-order valence-corrected chi connectivity index (χ4v) is 1.54. The second-order valence-corrected chi connectivity index (χ2v) is 3.82. The second-order valence-electron chi connectivity index (χ2n) is 3.82. The van der Waals surface area contributed by atoms with Gasteiger partial charge in [-0.15, -0.1) is 0 Å². The Balaban J connectivity index is 2.21. The lowest BCUT2D eigenvalue weighted by Gasteiger charge is -2.07. The van der Waals surface area contributed by atoms with Gasteiger partial charge in [0, 0.05) is 5.69 Å². The Labute approximate surface area is 109 Å². The quantitative estimate of drug-likeness (QED) is 0.716. The summed E-state index contributed by atoms with van der Waals surface area (Å²) in [5, 5.41) is 30.1. The number of phenols is 2. The standard InChI is InChI=1S/C14H10N2O3/c15-8-9-4-6-10(7-5-9)16-14(19)11-2-1-3-12(17)13(11)18/h1-7,17-18H,(H,16,19). The van der Waals surface area contributed by atoms with Crippen LogP contribution in [0.2, 0.25) is 0 Å². The summed E-state index contributed by atoms with van der Waals surface area (Å²) < 4.78 is 0. The van der Waals surface area contributed by atoms with Gasteiger partial charge in [0.2, 0.25) is 0 Å². The Morgan fingerprint density at radius 3 is 2.42 bits per heavy atom. The Morgan fingerprint density at radius 1 is 1.11 bits per heavy atom. The molecule has 0 aliphatic carbocycles. The molecule has 0 spiro atoms. The Kier molecular flexibility index (Phi) is 3.35. The van der Waals surface area contributed by atoms with E-state index in [1.165, 1.54) is 18.2 Å². The zero-order chi connectivity index (χ0) is 13.8. The van der Waals surface area contributed by atoms with E-state index in [-0.39, 0.29) is 11.3 Å². The van der Waals surface area contributed by atoms with E-state index in [1.807, 2.05) is 6.07 Å². The van der Waals surface area contributed by atoms with Crippen LogP contribution in [0.3, 0.4) is 0 Å². The van der Waals surface area contributed by atoms with Gasteiger partial charge in [-0.2, -0.15) is 5.26 Å². The number of carbonyl (C=O) groups is 1. The number of aromatic hydroxyl groups is 2. The van der Waals surface area contributed by atoms with Crippen molar-refractivity contribution >= 4 is 11.6 Å². The average molecular weight is 254 g/mol. The molecule has 0 saturated carbocycles. The van der Waals surface area contributed by atoms with Crippen molar-refractivity contribution in [2.45, 2.75) is 0 Å². The van der Waals surface area contributed by atoms with Gasteiger partial charge in [-0.1, -0.05) is 6.07 Å². The molecule has 19 heavy (non-hydrogen) atoms. The minimum atomic E-state index is -0.543. The van der Waals surface area contributed by atoms with Crippen molar-refractivity contribution < 1.29 is 15.0 Å². The summed E-state index contributed by atoms with van der Waals surface area (Å²) in [5.74, 6) is -1.36. The van der Waals surface area contributed by atoms with Crippen molar-refractivity contribution in [3.05, 3.63) is 53.6 Å². The van der Waals surface area contributed by atoms with E-state index in [0.29, 0.717) is 11.3 Å². The first-order valence-corrected chi connectivity index (χ1v) is 5.44. The summed E-state index contributed by atoms with van der Waals surface area (Å²) in [6, 6.07) is 12.4. The molecule has 0 aliphatic rings. The fraction of sp³-hybridized carbons (Fsp3) is 0. The molecule has 2 rings (SSSR count). The highest BCUT2D eigenvalue weighted by Gasteiger charge is 2.13. The van der Waals surface area contributed by atoms with Crippen molar-refractivity contribution in [2.24, 2.45) is 0 Å². The monoisotopic (exact) mass is 254 g/mol. The summed E-state index contributed by atoms with van der Waals surface area (Å²) in [7, 11) is 0. The van der Waals surface area contributed by atoms with E-state index in [2.05, 4.69) is 5.32 Å². The first-order chi connectivity index (χ1) is 9.11. The summed E-state index contributed by atoms with van der Waals surface area (Å²) in [6.45, 7) is 0. The van der Waals surface area contributed by atoms with Crippen LogP contribution in [0.4, 0.5) is 5.69 Å². The fourth-order valence-electron chi connectivity index (χ4n) is 1.54. The highest BCUT2D eigenvalue weighted by Crippen LogP contribution is 2.28. The molecule has 94 valence electrons. The van der Waals surface area contributed by atoms with Crippen molar-refractivity contribution in [2.75, 3.05) is 5.32 Å². The van der Waals surface area contributed by atoms with Gasteiger partial charge in [0.1, 0.15) is 0 Å². The number of para-hydroxylation sites is 1. The van der Waals surface area contributed by atoms with Crippen molar-refractivity contribution in [3.63, 3.8) is 0 Å². The average Bonchev–Trinajstić information content (AvgIpc) is 2.42. The molecule has 1 amide bonds. The maximum atomic E-state index is 11.9. The molecule has 0 saturated heterocycles. The largest absolute Gasteiger partial charge is 0.504 e. The van der Waals surface area contributed by atoms with Crippen molar-refractivity contribution in [1.82, 2.24) is 0 Å². The number of phenolic OH excluding ortho intramolecular Hbond substituents is 2. The van der Waals surface area contributed by atoms with E-state index in [4.69, 9.17) is 5.26 Å². The van der Waals surface area contributed by atoms with Crippen molar-refractivity contribution in [1.29, 1.82) is 5.26 Å².